The lowest BCUT2D eigenvalue weighted by atomic mass is 9.89. The van der Waals surface area contributed by atoms with Crippen LogP contribution in [-0.4, -0.2) is 29.9 Å². The highest BCUT2D eigenvalue weighted by Gasteiger charge is 2.32. The summed E-state index contributed by atoms with van der Waals surface area (Å²) in [5.41, 5.74) is 3.92. The van der Waals surface area contributed by atoms with E-state index in [-0.39, 0.29) is 17.8 Å². The van der Waals surface area contributed by atoms with Gasteiger partial charge in [0, 0.05) is 30.8 Å². The Labute approximate surface area is 192 Å². The van der Waals surface area contributed by atoms with E-state index in [1.807, 2.05) is 0 Å². The maximum atomic E-state index is 14.9. The van der Waals surface area contributed by atoms with Crippen LogP contribution in [0.1, 0.15) is 70.4 Å². The third-order valence-corrected chi connectivity index (χ3v) is 6.77. The quantitative estimate of drug-likeness (QED) is 0.255. The first-order valence-electron chi connectivity index (χ1n) is 12.2. The Morgan fingerprint density at radius 1 is 1.38 bits per heavy atom. The average Bonchev–Trinajstić information content (AvgIpc) is 3.45. The van der Waals surface area contributed by atoms with Gasteiger partial charge in [0.25, 0.3) is 0 Å². The van der Waals surface area contributed by atoms with Crippen molar-refractivity contribution in [1.82, 2.24) is 15.7 Å². The van der Waals surface area contributed by atoms with Gasteiger partial charge in [0.05, 0.1) is 6.10 Å². The maximum Gasteiger partial charge on any atom is 0.149 e. The minimum Gasteiger partial charge on any atom is -0.370 e. The number of nitrogens with zero attached hydrogens (tertiary/aromatic N) is 1. The number of hydrogen-bond donors (Lipinski definition) is 3. The summed E-state index contributed by atoms with van der Waals surface area (Å²) in [6.45, 7) is 8.84. The normalized spacial score (nSPS) is 23.1. The monoisotopic (exact) mass is 442 g/mol. The number of unbranched alkanes of at least 4 members (excludes halogenated alkanes) is 1. The number of allylic oxidation sites excluding steroid dienone is 3. The molecular formula is C26H39FN4O. The third kappa shape index (κ3) is 6.35. The number of rotatable bonds is 10. The Morgan fingerprint density at radius 3 is 2.97 bits per heavy atom. The van der Waals surface area contributed by atoms with E-state index in [4.69, 9.17) is 10.2 Å². The SMILES string of the molecule is CCC/C=C\C=C1/NCCN1Cc1ccc(C(=N)NOC2CCCC2C(C)CC)cc1F. The summed E-state index contributed by atoms with van der Waals surface area (Å²) < 4.78 is 14.9. The molecule has 2 aliphatic rings. The fourth-order valence-electron chi connectivity index (χ4n) is 4.59. The molecule has 0 aromatic heterocycles. The van der Waals surface area contributed by atoms with Crippen molar-refractivity contribution in [3.63, 3.8) is 0 Å². The Bertz CT molecular complexity index is 822. The van der Waals surface area contributed by atoms with Gasteiger partial charge in [-0.1, -0.05) is 64.3 Å². The Balaban J connectivity index is 1.57. The second-order valence-corrected chi connectivity index (χ2v) is 9.04. The number of benzene rings is 1. The zero-order valence-electron chi connectivity index (χ0n) is 19.8. The summed E-state index contributed by atoms with van der Waals surface area (Å²) in [4.78, 5) is 8.02. The van der Waals surface area contributed by atoms with Crippen molar-refractivity contribution < 1.29 is 9.23 Å². The standard InChI is InChI=1S/C26H39FN4O/c1-4-6-7-8-12-25-29-15-16-31(25)18-21-14-13-20(17-23(21)27)26(28)30-32-24-11-9-10-22(24)19(3)5-2/h7-8,12-14,17,19,22,24,29H,4-6,9-11,15-16,18H2,1-3H3,(H2,28,30)/b8-7-,25-12+. The molecule has 2 fully saturated rings. The van der Waals surface area contributed by atoms with Gasteiger partial charge in [-0.15, -0.1) is 0 Å². The lowest BCUT2D eigenvalue weighted by Gasteiger charge is -2.25. The molecule has 3 N–H and O–H groups in total. The van der Waals surface area contributed by atoms with Crippen LogP contribution in [0.2, 0.25) is 0 Å². The Hall–Kier alpha value is -2.34. The number of halogens is 1. The van der Waals surface area contributed by atoms with Gasteiger partial charge in [0.1, 0.15) is 17.5 Å². The number of hydroxylamine groups is 1. The zero-order chi connectivity index (χ0) is 22.9. The predicted octanol–water partition coefficient (Wildman–Crippen LogP) is 5.49. The first kappa shape index (κ1) is 24.3. The van der Waals surface area contributed by atoms with E-state index in [1.54, 1.807) is 12.1 Å². The molecule has 1 aromatic carbocycles. The Kier molecular flexibility index (Phi) is 9.15. The molecule has 3 atom stereocenters. The van der Waals surface area contributed by atoms with E-state index in [0.717, 1.165) is 51.0 Å². The van der Waals surface area contributed by atoms with E-state index in [9.17, 15) is 4.39 Å². The first-order valence-corrected chi connectivity index (χ1v) is 12.2. The van der Waals surface area contributed by atoms with Crippen molar-refractivity contribution in [2.75, 3.05) is 13.1 Å². The maximum absolute atomic E-state index is 14.9. The number of amidine groups is 1. The molecule has 3 unspecified atom stereocenters. The van der Waals surface area contributed by atoms with Crippen LogP contribution in [0.3, 0.4) is 0 Å². The molecule has 3 rings (SSSR count). The smallest absolute Gasteiger partial charge is 0.149 e. The fraction of sp³-hybridized carbons (Fsp3) is 0.577. The van der Waals surface area contributed by atoms with E-state index in [0.29, 0.717) is 29.5 Å². The van der Waals surface area contributed by atoms with Gasteiger partial charge in [-0.2, -0.15) is 0 Å². The van der Waals surface area contributed by atoms with E-state index < -0.39 is 0 Å². The van der Waals surface area contributed by atoms with E-state index >= 15 is 0 Å². The molecule has 1 saturated carbocycles. The molecule has 0 bridgehead atoms. The summed E-state index contributed by atoms with van der Waals surface area (Å²) in [5.74, 6) is 1.97. The molecule has 176 valence electrons. The zero-order valence-corrected chi connectivity index (χ0v) is 19.8. The van der Waals surface area contributed by atoms with Gasteiger partial charge in [-0.05, 0) is 43.2 Å². The van der Waals surface area contributed by atoms with E-state index in [2.05, 4.69) is 54.7 Å². The highest BCUT2D eigenvalue weighted by Crippen LogP contribution is 2.34. The lowest BCUT2D eigenvalue weighted by Crippen LogP contribution is -2.33. The number of hydrogen-bond acceptors (Lipinski definition) is 4. The molecule has 1 aliphatic heterocycles. The van der Waals surface area contributed by atoms with Gasteiger partial charge >= 0.3 is 0 Å². The summed E-state index contributed by atoms with van der Waals surface area (Å²) in [6.07, 6.45) is 13.1. The van der Waals surface area contributed by atoms with Crippen LogP contribution in [-0.2, 0) is 11.4 Å². The molecule has 32 heavy (non-hydrogen) atoms. The molecule has 1 heterocycles. The van der Waals surface area contributed by atoms with Gasteiger partial charge < -0.3 is 10.2 Å². The second kappa shape index (κ2) is 12.0. The molecule has 1 aromatic rings. The molecule has 6 heteroatoms. The summed E-state index contributed by atoms with van der Waals surface area (Å²) in [5, 5.41) is 11.7. The van der Waals surface area contributed by atoms with Crippen molar-refractivity contribution in [2.45, 2.75) is 71.9 Å². The summed E-state index contributed by atoms with van der Waals surface area (Å²) >= 11 is 0. The molecular weight excluding hydrogens is 403 g/mol. The highest BCUT2D eigenvalue weighted by atomic mass is 19.1. The second-order valence-electron chi connectivity index (χ2n) is 9.04. The van der Waals surface area contributed by atoms with Gasteiger partial charge in [-0.25, -0.2) is 9.87 Å². The molecule has 0 radical (unpaired) electrons. The van der Waals surface area contributed by atoms with Crippen LogP contribution in [0.4, 0.5) is 4.39 Å². The van der Waals surface area contributed by atoms with Crippen molar-refractivity contribution >= 4 is 5.84 Å². The molecule has 0 amide bonds. The van der Waals surface area contributed by atoms with Crippen molar-refractivity contribution in [1.29, 1.82) is 5.41 Å². The molecule has 1 aliphatic carbocycles. The lowest BCUT2D eigenvalue weighted by molar-refractivity contribution is -0.0248. The predicted molar refractivity (Wildman–Crippen MR) is 129 cm³/mol. The van der Waals surface area contributed by atoms with Gasteiger partial charge in [0.2, 0.25) is 0 Å². The summed E-state index contributed by atoms with van der Waals surface area (Å²) in [7, 11) is 0. The highest BCUT2D eigenvalue weighted by molar-refractivity contribution is 5.95. The van der Waals surface area contributed by atoms with Crippen LogP contribution in [0, 0.1) is 23.1 Å². The molecule has 5 nitrogen and oxygen atoms in total. The molecule has 0 spiro atoms. The fourth-order valence-corrected chi connectivity index (χ4v) is 4.59. The van der Waals surface area contributed by atoms with Crippen LogP contribution in [0.25, 0.3) is 0 Å². The van der Waals surface area contributed by atoms with Crippen LogP contribution in [0.5, 0.6) is 0 Å². The van der Waals surface area contributed by atoms with Gasteiger partial charge in [0.15, 0.2) is 0 Å². The first-order chi connectivity index (χ1) is 15.5. The van der Waals surface area contributed by atoms with Crippen LogP contribution in [0.15, 0.2) is 42.2 Å². The number of nitrogens with one attached hydrogen (secondary N) is 3. The molecule has 1 saturated heterocycles. The minimum absolute atomic E-state index is 0.106. The minimum atomic E-state index is -0.292. The van der Waals surface area contributed by atoms with Crippen molar-refractivity contribution in [2.24, 2.45) is 11.8 Å². The topological polar surface area (TPSA) is 60.4 Å². The Morgan fingerprint density at radius 2 is 2.22 bits per heavy atom. The van der Waals surface area contributed by atoms with E-state index in [1.165, 1.54) is 12.5 Å². The summed E-state index contributed by atoms with van der Waals surface area (Å²) in [6, 6.07) is 5.01. The van der Waals surface area contributed by atoms with Crippen LogP contribution >= 0.6 is 0 Å². The average molecular weight is 443 g/mol. The van der Waals surface area contributed by atoms with Crippen LogP contribution < -0.4 is 10.8 Å². The van der Waals surface area contributed by atoms with Gasteiger partial charge in [-0.3, -0.25) is 10.2 Å². The van der Waals surface area contributed by atoms with Crippen molar-refractivity contribution in [3.8, 4) is 0 Å². The third-order valence-electron chi connectivity index (χ3n) is 6.77. The largest absolute Gasteiger partial charge is 0.370 e. The van der Waals surface area contributed by atoms with Crippen molar-refractivity contribution in [3.05, 3.63) is 59.2 Å².